The van der Waals surface area contributed by atoms with Crippen LogP contribution in [0.2, 0.25) is 0 Å². The predicted octanol–water partition coefficient (Wildman–Crippen LogP) is 1.80. The topological polar surface area (TPSA) is 42.7 Å². The van der Waals surface area contributed by atoms with E-state index in [9.17, 15) is 0 Å². The standard InChI is InChI=1S/C13H24N4/c1-6-13(4,10-14-8-11(2)3)7-12-9-17(5)16-15-12/h6,9,11,14H,1,7-8,10H2,2-5H3. The second-order valence-corrected chi connectivity index (χ2v) is 5.44. The van der Waals surface area contributed by atoms with Crippen LogP contribution >= 0.6 is 0 Å². The third-order valence-corrected chi connectivity index (χ3v) is 2.81. The first kappa shape index (κ1) is 13.9. The minimum Gasteiger partial charge on any atom is -0.316 e. The van der Waals surface area contributed by atoms with E-state index in [1.807, 2.05) is 19.3 Å². The fourth-order valence-corrected chi connectivity index (χ4v) is 1.74. The molecule has 4 heteroatoms. The number of aromatic nitrogens is 3. The van der Waals surface area contributed by atoms with Gasteiger partial charge in [-0.25, -0.2) is 0 Å². The summed E-state index contributed by atoms with van der Waals surface area (Å²) in [6.45, 7) is 12.5. The molecule has 0 spiro atoms. The summed E-state index contributed by atoms with van der Waals surface area (Å²) < 4.78 is 1.74. The van der Waals surface area contributed by atoms with Gasteiger partial charge in [0.1, 0.15) is 0 Å². The first-order valence-electron chi connectivity index (χ1n) is 6.15. The zero-order valence-corrected chi connectivity index (χ0v) is 11.4. The van der Waals surface area contributed by atoms with Crippen molar-refractivity contribution < 1.29 is 0 Å². The number of rotatable bonds is 7. The molecule has 0 fully saturated rings. The van der Waals surface area contributed by atoms with Gasteiger partial charge in [-0.3, -0.25) is 4.68 Å². The molecule has 1 aromatic rings. The molecule has 1 N–H and O–H groups in total. The number of hydrogen-bond donors (Lipinski definition) is 1. The molecular weight excluding hydrogens is 212 g/mol. The van der Waals surface area contributed by atoms with Crippen LogP contribution in [0.5, 0.6) is 0 Å². The maximum Gasteiger partial charge on any atom is 0.0836 e. The molecule has 0 bridgehead atoms. The third kappa shape index (κ3) is 4.69. The molecular formula is C13H24N4. The van der Waals surface area contributed by atoms with Gasteiger partial charge in [-0.1, -0.05) is 32.1 Å². The molecule has 1 heterocycles. The molecule has 0 amide bonds. The van der Waals surface area contributed by atoms with Crippen molar-refractivity contribution in [2.45, 2.75) is 27.2 Å². The summed E-state index contributed by atoms with van der Waals surface area (Å²) in [7, 11) is 1.89. The van der Waals surface area contributed by atoms with Crippen LogP contribution in [0, 0.1) is 11.3 Å². The Labute approximate surface area is 104 Å². The van der Waals surface area contributed by atoms with Gasteiger partial charge in [-0.05, 0) is 12.5 Å². The summed E-state index contributed by atoms with van der Waals surface area (Å²) in [6.07, 6.45) is 4.84. The van der Waals surface area contributed by atoms with E-state index in [4.69, 9.17) is 0 Å². The lowest BCUT2D eigenvalue weighted by Crippen LogP contribution is -2.34. The van der Waals surface area contributed by atoms with Gasteiger partial charge < -0.3 is 5.32 Å². The van der Waals surface area contributed by atoms with Crippen LogP contribution in [0.4, 0.5) is 0 Å². The lowest BCUT2D eigenvalue weighted by atomic mass is 9.85. The van der Waals surface area contributed by atoms with E-state index in [0.29, 0.717) is 5.92 Å². The lowest BCUT2D eigenvalue weighted by Gasteiger charge is -2.25. The molecule has 4 nitrogen and oxygen atoms in total. The fourth-order valence-electron chi connectivity index (χ4n) is 1.74. The average molecular weight is 236 g/mol. The fraction of sp³-hybridized carbons (Fsp3) is 0.692. The molecule has 96 valence electrons. The van der Waals surface area contributed by atoms with Crippen molar-refractivity contribution in [2.75, 3.05) is 13.1 Å². The van der Waals surface area contributed by atoms with Crippen molar-refractivity contribution in [2.24, 2.45) is 18.4 Å². The molecule has 1 rings (SSSR count). The van der Waals surface area contributed by atoms with Gasteiger partial charge >= 0.3 is 0 Å². The quantitative estimate of drug-likeness (QED) is 0.734. The summed E-state index contributed by atoms with van der Waals surface area (Å²) >= 11 is 0. The Kier molecular flexibility index (Phi) is 4.87. The minimum absolute atomic E-state index is 0.0327. The van der Waals surface area contributed by atoms with Gasteiger partial charge in [-0.2, -0.15) is 0 Å². The maximum atomic E-state index is 4.13. The molecule has 1 atom stereocenters. The van der Waals surface area contributed by atoms with E-state index in [-0.39, 0.29) is 5.41 Å². The number of nitrogens with zero attached hydrogens (tertiary/aromatic N) is 3. The Bertz CT molecular complexity index is 356. The Hall–Kier alpha value is -1.16. The van der Waals surface area contributed by atoms with Crippen molar-refractivity contribution in [3.63, 3.8) is 0 Å². The summed E-state index contributed by atoms with van der Waals surface area (Å²) in [4.78, 5) is 0. The molecule has 1 aromatic heterocycles. The SMILES string of the molecule is C=CC(C)(CNCC(C)C)Cc1cn(C)nn1. The van der Waals surface area contributed by atoms with E-state index in [1.165, 1.54) is 0 Å². The molecule has 0 saturated heterocycles. The molecule has 0 radical (unpaired) electrons. The van der Waals surface area contributed by atoms with Gasteiger partial charge in [0.2, 0.25) is 0 Å². The number of hydrogen-bond acceptors (Lipinski definition) is 3. The monoisotopic (exact) mass is 236 g/mol. The summed E-state index contributed by atoms with van der Waals surface area (Å²) in [5.74, 6) is 0.667. The van der Waals surface area contributed by atoms with Crippen molar-refractivity contribution >= 4 is 0 Å². The van der Waals surface area contributed by atoms with Crippen molar-refractivity contribution in [3.05, 3.63) is 24.5 Å². The van der Waals surface area contributed by atoms with Crippen molar-refractivity contribution in [1.82, 2.24) is 20.3 Å². The van der Waals surface area contributed by atoms with E-state index in [1.54, 1.807) is 4.68 Å². The second kappa shape index (κ2) is 5.96. The third-order valence-electron chi connectivity index (χ3n) is 2.81. The van der Waals surface area contributed by atoms with Gasteiger partial charge in [0, 0.05) is 31.6 Å². The summed E-state index contributed by atoms with van der Waals surface area (Å²) in [6, 6.07) is 0. The van der Waals surface area contributed by atoms with Crippen LogP contribution < -0.4 is 5.32 Å². The van der Waals surface area contributed by atoms with Crippen LogP contribution in [-0.4, -0.2) is 28.1 Å². The highest BCUT2D eigenvalue weighted by atomic mass is 15.4. The van der Waals surface area contributed by atoms with Gasteiger partial charge in [-0.15, -0.1) is 11.7 Å². The van der Waals surface area contributed by atoms with E-state index in [0.717, 1.165) is 25.2 Å². The largest absolute Gasteiger partial charge is 0.316 e. The predicted molar refractivity (Wildman–Crippen MR) is 70.7 cm³/mol. The normalized spacial score (nSPS) is 14.9. The van der Waals surface area contributed by atoms with Gasteiger partial charge in [0.15, 0.2) is 0 Å². The Morgan fingerprint density at radius 3 is 2.76 bits per heavy atom. The first-order chi connectivity index (χ1) is 7.95. The van der Waals surface area contributed by atoms with Crippen molar-refractivity contribution in [3.8, 4) is 0 Å². The molecule has 0 aliphatic heterocycles. The molecule has 0 saturated carbocycles. The Morgan fingerprint density at radius 2 is 2.29 bits per heavy atom. The van der Waals surface area contributed by atoms with Gasteiger partial charge in [0.25, 0.3) is 0 Å². The highest BCUT2D eigenvalue weighted by Crippen LogP contribution is 2.21. The van der Waals surface area contributed by atoms with E-state index >= 15 is 0 Å². The van der Waals surface area contributed by atoms with Crippen LogP contribution in [0.25, 0.3) is 0 Å². The second-order valence-electron chi connectivity index (χ2n) is 5.44. The van der Waals surface area contributed by atoms with Crippen LogP contribution in [0.1, 0.15) is 26.5 Å². The highest BCUT2D eigenvalue weighted by molar-refractivity contribution is 5.04. The number of nitrogens with one attached hydrogen (secondary N) is 1. The highest BCUT2D eigenvalue weighted by Gasteiger charge is 2.22. The summed E-state index contributed by atoms with van der Waals surface area (Å²) in [5, 5.41) is 11.6. The smallest absolute Gasteiger partial charge is 0.0836 e. The summed E-state index contributed by atoms with van der Waals surface area (Å²) in [5.41, 5.74) is 1.05. The molecule has 1 unspecified atom stereocenters. The number of aryl methyl sites for hydroxylation is 1. The van der Waals surface area contributed by atoms with Crippen LogP contribution in [-0.2, 0) is 13.5 Å². The van der Waals surface area contributed by atoms with Crippen molar-refractivity contribution in [1.29, 1.82) is 0 Å². The van der Waals surface area contributed by atoms with Crippen LogP contribution in [0.3, 0.4) is 0 Å². The molecule has 0 aromatic carbocycles. The van der Waals surface area contributed by atoms with E-state index < -0.39 is 0 Å². The zero-order valence-electron chi connectivity index (χ0n) is 11.4. The van der Waals surface area contributed by atoms with Crippen LogP contribution in [0.15, 0.2) is 18.9 Å². The lowest BCUT2D eigenvalue weighted by molar-refractivity contribution is 0.374. The van der Waals surface area contributed by atoms with E-state index in [2.05, 4.69) is 43.0 Å². The first-order valence-corrected chi connectivity index (χ1v) is 6.15. The minimum atomic E-state index is 0.0327. The molecule has 17 heavy (non-hydrogen) atoms. The average Bonchev–Trinajstić information content (AvgIpc) is 2.63. The molecule has 0 aliphatic rings. The maximum absolute atomic E-state index is 4.13. The Balaban J connectivity index is 2.53. The Morgan fingerprint density at radius 1 is 1.59 bits per heavy atom. The van der Waals surface area contributed by atoms with Gasteiger partial charge in [0.05, 0.1) is 5.69 Å². The zero-order chi connectivity index (χ0) is 12.9. The molecule has 0 aliphatic carbocycles.